The van der Waals surface area contributed by atoms with Crippen LogP contribution in [0.1, 0.15) is 213 Å². The molecule has 1 heterocycles. The molecular formula is C51H94N2O7. The Labute approximate surface area is 369 Å². The van der Waals surface area contributed by atoms with Gasteiger partial charge in [-0.3, -0.25) is 14.4 Å². The van der Waals surface area contributed by atoms with Crippen LogP contribution in [0.3, 0.4) is 0 Å². The van der Waals surface area contributed by atoms with Crippen molar-refractivity contribution in [3.63, 3.8) is 0 Å². The molecule has 9 heteroatoms. The van der Waals surface area contributed by atoms with E-state index < -0.39 is 12.0 Å². The minimum Gasteiger partial charge on any atom is -0.465 e. The van der Waals surface area contributed by atoms with Crippen LogP contribution in [0.4, 0.5) is 0 Å². The molecule has 0 unspecified atom stereocenters. The minimum absolute atomic E-state index is 0.176. The molecule has 0 spiro atoms. The molecule has 9 nitrogen and oxygen atoms in total. The van der Waals surface area contributed by atoms with Crippen LogP contribution in [-0.4, -0.2) is 99.0 Å². The van der Waals surface area contributed by atoms with Crippen molar-refractivity contribution < 1.29 is 33.7 Å². The standard InChI is InChI=1S/C51H94N2O7/c1-4-6-8-10-12-14-16-18-20-22-24-26-28-30-32-36-48(55)58-45-51(44-54,47-60-50(57)38-34-35-39-53-42-40-52(3)41-43-53)46-59-49(56)37-33-31-29-27-25-23-21-19-17-15-13-11-9-7-5-2/h18-21,54H,4-17,22-47H2,1-3H3/b20-18-,21-19-. The normalized spacial score (nSPS) is 14.1. The van der Waals surface area contributed by atoms with E-state index in [4.69, 9.17) is 14.2 Å². The number of hydrogen-bond donors (Lipinski definition) is 1. The molecule has 0 aromatic heterocycles. The van der Waals surface area contributed by atoms with Crippen LogP contribution in [0.2, 0.25) is 0 Å². The number of piperazine rings is 1. The molecular weight excluding hydrogens is 753 g/mol. The van der Waals surface area contributed by atoms with Gasteiger partial charge in [0.15, 0.2) is 0 Å². The highest BCUT2D eigenvalue weighted by Crippen LogP contribution is 2.22. The first-order chi connectivity index (χ1) is 29.3. The summed E-state index contributed by atoms with van der Waals surface area (Å²) in [5.74, 6) is -1.05. The lowest BCUT2D eigenvalue weighted by atomic mass is 9.92. The number of aliphatic hydroxyl groups excluding tert-OH is 1. The third-order valence-corrected chi connectivity index (χ3v) is 11.9. The summed E-state index contributed by atoms with van der Waals surface area (Å²) in [6.45, 7) is 8.73. The number of hydrogen-bond acceptors (Lipinski definition) is 9. The number of ether oxygens (including phenoxy) is 3. The number of allylic oxidation sites excluding steroid dienone is 4. The van der Waals surface area contributed by atoms with Crippen LogP contribution in [-0.2, 0) is 28.6 Å². The number of aliphatic hydroxyl groups is 1. The Kier molecular flexibility index (Phi) is 38.0. The average Bonchev–Trinajstić information content (AvgIpc) is 3.25. The zero-order chi connectivity index (χ0) is 43.6. The van der Waals surface area contributed by atoms with E-state index in [1.807, 2.05) is 0 Å². The molecule has 1 N–H and O–H groups in total. The number of likely N-dealkylation sites (N-methyl/N-ethyl adjacent to an activating group) is 1. The summed E-state index contributed by atoms with van der Waals surface area (Å²) in [6.07, 6.45) is 42.6. The molecule has 0 bridgehead atoms. The summed E-state index contributed by atoms with van der Waals surface area (Å²) in [4.78, 5) is 43.1. The van der Waals surface area contributed by atoms with E-state index in [-0.39, 0.29) is 44.1 Å². The van der Waals surface area contributed by atoms with Gasteiger partial charge in [0.1, 0.15) is 19.8 Å². The Bertz CT molecular complexity index is 1020. The number of esters is 3. The van der Waals surface area contributed by atoms with E-state index >= 15 is 0 Å². The monoisotopic (exact) mass is 847 g/mol. The molecule has 0 amide bonds. The largest absolute Gasteiger partial charge is 0.465 e. The van der Waals surface area contributed by atoms with Crippen molar-refractivity contribution in [2.75, 3.05) is 66.2 Å². The molecule has 1 aliphatic rings. The SMILES string of the molecule is CCCCCCCC/C=C\CCCCCCCC(=O)OCC(CO)(COC(=O)CCCCCCC/C=C\CCCCCCCC)COC(=O)CCCCN1CCN(C)CC1. The van der Waals surface area contributed by atoms with Crippen molar-refractivity contribution in [2.24, 2.45) is 5.41 Å². The molecule has 1 fully saturated rings. The van der Waals surface area contributed by atoms with E-state index in [0.29, 0.717) is 19.3 Å². The van der Waals surface area contributed by atoms with Crippen LogP contribution in [0, 0.1) is 5.41 Å². The fraction of sp³-hybridized carbons (Fsp3) is 0.863. The van der Waals surface area contributed by atoms with Crippen LogP contribution < -0.4 is 0 Å². The molecule has 0 aromatic rings. The average molecular weight is 847 g/mol. The molecule has 0 atom stereocenters. The summed E-state index contributed by atoms with van der Waals surface area (Å²) in [5.41, 5.74) is -1.20. The van der Waals surface area contributed by atoms with Gasteiger partial charge in [-0.2, -0.15) is 0 Å². The second-order valence-corrected chi connectivity index (χ2v) is 17.9. The molecule has 0 radical (unpaired) electrons. The Morgan fingerprint density at radius 3 is 1.13 bits per heavy atom. The molecule has 60 heavy (non-hydrogen) atoms. The lowest BCUT2D eigenvalue weighted by Crippen LogP contribution is -2.44. The highest BCUT2D eigenvalue weighted by atomic mass is 16.6. The predicted octanol–water partition coefficient (Wildman–Crippen LogP) is 12.1. The third kappa shape index (κ3) is 34.4. The van der Waals surface area contributed by atoms with Crippen molar-refractivity contribution in [1.29, 1.82) is 0 Å². The highest BCUT2D eigenvalue weighted by Gasteiger charge is 2.35. The summed E-state index contributed by atoms with van der Waals surface area (Å²) in [6, 6.07) is 0. The Morgan fingerprint density at radius 2 is 0.783 bits per heavy atom. The van der Waals surface area contributed by atoms with E-state index in [0.717, 1.165) is 103 Å². The summed E-state index contributed by atoms with van der Waals surface area (Å²) >= 11 is 0. The number of carbonyl (C=O) groups excluding carboxylic acids is 3. The number of carbonyl (C=O) groups is 3. The Hall–Kier alpha value is -2.23. The molecule has 1 saturated heterocycles. The zero-order valence-electron chi connectivity index (χ0n) is 39.4. The molecule has 350 valence electrons. The summed E-state index contributed by atoms with van der Waals surface area (Å²) in [5, 5.41) is 10.5. The van der Waals surface area contributed by atoms with Crippen molar-refractivity contribution >= 4 is 17.9 Å². The first-order valence-corrected chi connectivity index (χ1v) is 25.1. The fourth-order valence-electron chi connectivity index (χ4n) is 7.54. The number of nitrogens with zero attached hydrogens (tertiary/aromatic N) is 2. The van der Waals surface area contributed by atoms with Gasteiger partial charge in [-0.15, -0.1) is 0 Å². The molecule has 0 aromatic carbocycles. The van der Waals surface area contributed by atoms with Crippen LogP contribution >= 0.6 is 0 Å². The fourth-order valence-corrected chi connectivity index (χ4v) is 7.54. The van der Waals surface area contributed by atoms with Gasteiger partial charge in [0.05, 0.1) is 12.0 Å². The van der Waals surface area contributed by atoms with Crippen molar-refractivity contribution in [3.8, 4) is 0 Å². The first-order valence-electron chi connectivity index (χ1n) is 25.1. The van der Waals surface area contributed by atoms with Crippen molar-refractivity contribution in [3.05, 3.63) is 24.3 Å². The van der Waals surface area contributed by atoms with Crippen LogP contribution in [0.15, 0.2) is 24.3 Å². The maximum atomic E-state index is 12.8. The molecule has 0 saturated carbocycles. The number of rotatable bonds is 42. The van der Waals surface area contributed by atoms with Gasteiger partial charge in [-0.1, -0.05) is 141 Å². The Morgan fingerprint density at radius 1 is 0.467 bits per heavy atom. The molecule has 0 aliphatic carbocycles. The van der Waals surface area contributed by atoms with E-state index in [1.165, 1.54) is 103 Å². The Balaban J connectivity index is 2.40. The topological polar surface area (TPSA) is 106 Å². The van der Waals surface area contributed by atoms with Gasteiger partial charge in [0, 0.05) is 45.4 Å². The van der Waals surface area contributed by atoms with Crippen LogP contribution in [0.25, 0.3) is 0 Å². The van der Waals surface area contributed by atoms with Gasteiger partial charge < -0.3 is 29.1 Å². The van der Waals surface area contributed by atoms with Gasteiger partial charge in [0.25, 0.3) is 0 Å². The third-order valence-electron chi connectivity index (χ3n) is 11.9. The molecule has 1 aliphatic heterocycles. The van der Waals surface area contributed by atoms with Crippen LogP contribution in [0.5, 0.6) is 0 Å². The lowest BCUT2D eigenvalue weighted by Gasteiger charge is -2.32. The first kappa shape index (κ1) is 55.8. The van der Waals surface area contributed by atoms with Crippen molar-refractivity contribution in [2.45, 2.75) is 213 Å². The smallest absolute Gasteiger partial charge is 0.305 e. The van der Waals surface area contributed by atoms with Gasteiger partial charge >= 0.3 is 17.9 Å². The lowest BCUT2D eigenvalue weighted by molar-refractivity contribution is -0.165. The zero-order valence-corrected chi connectivity index (χ0v) is 39.4. The highest BCUT2D eigenvalue weighted by molar-refractivity contribution is 5.70. The van der Waals surface area contributed by atoms with Gasteiger partial charge in [-0.05, 0) is 90.6 Å². The van der Waals surface area contributed by atoms with E-state index in [1.54, 1.807) is 0 Å². The minimum atomic E-state index is -1.20. The maximum absolute atomic E-state index is 12.8. The van der Waals surface area contributed by atoms with Gasteiger partial charge in [0.2, 0.25) is 0 Å². The second-order valence-electron chi connectivity index (χ2n) is 17.9. The van der Waals surface area contributed by atoms with E-state index in [2.05, 4.69) is 55.0 Å². The quantitative estimate of drug-likeness (QED) is 0.0278. The van der Waals surface area contributed by atoms with Gasteiger partial charge in [-0.25, -0.2) is 0 Å². The van der Waals surface area contributed by atoms with Crippen molar-refractivity contribution in [1.82, 2.24) is 9.80 Å². The summed E-state index contributed by atoms with van der Waals surface area (Å²) < 4.78 is 16.9. The predicted molar refractivity (Wildman–Crippen MR) is 249 cm³/mol. The summed E-state index contributed by atoms with van der Waals surface area (Å²) in [7, 11) is 2.14. The number of unbranched alkanes of at least 4 members (excludes halogenated alkanes) is 23. The molecule has 1 rings (SSSR count). The van der Waals surface area contributed by atoms with E-state index in [9.17, 15) is 19.5 Å². The maximum Gasteiger partial charge on any atom is 0.305 e. The second kappa shape index (κ2) is 40.8.